The van der Waals surface area contributed by atoms with Crippen LogP contribution >= 0.6 is 0 Å². The smallest absolute Gasteiger partial charge is 0.144 e. The van der Waals surface area contributed by atoms with Crippen molar-refractivity contribution >= 4 is 5.82 Å². The lowest BCUT2D eigenvalue weighted by Crippen LogP contribution is -2.37. The molecule has 1 aromatic rings. The number of hydrogen-bond donors (Lipinski definition) is 1. The highest BCUT2D eigenvalue weighted by molar-refractivity contribution is 5.29. The van der Waals surface area contributed by atoms with Crippen molar-refractivity contribution in [2.24, 2.45) is 5.92 Å². The fraction of sp³-hybridized carbons (Fsp3) is 0.733. The van der Waals surface area contributed by atoms with E-state index < -0.39 is 0 Å². The van der Waals surface area contributed by atoms with Crippen molar-refractivity contribution in [3.8, 4) is 0 Å². The molecule has 1 rings (SSSR count). The zero-order valence-electron chi connectivity index (χ0n) is 13.0. The van der Waals surface area contributed by atoms with Gasteiger partial charge >= 0.3 is 0 Å². The first-order valence-corrected chi connectivity index (χ1v) is 7.30. The van der Waals surface area contributed by atoms with Gasteiger partial charge in [-0.05, 0) is 25.7 Å². The number of hydrogen-bond acceptors (Lipinski definition) is 4. The molecule has 0 aliphatic rings. The van der Waals surface area contributed by atoms with E-state index in [1.807, 2.05) is 13.0 Å². The molecule has 19 heavy (non-hydrogen) atoms. The molecule has 0 saturated carbocycles. The zero-order valence-corrected chi connectivity index (χ0v) is 13.0. The van der Waals surface area contributed by atoms with Crippen molar-refractivity contribution < 1.29 is 0 Å². The first-order chi connectivity index (χ1) is 8.96. The second-order valence-corrected chi connectivity index (χ2v) is 5.64. The van der Waals surface area contributed by atoms with Gasteiger partial charge in [0.25, 0.3) is 0 Å². The molecule has 0 unspecified atom stereocenters. The molecule has 4 heteroatoms. The van der Waals surface area contributed by atoms with Gasteiger partial charge in [-0.2, -0.15) is 0 Å². The number of aromatic nitrogens is 2. The minimum Gasteiger partial charge on any atom is -0.384 e. The second-order valence-electron chi connectivity index (χ2n) is 5.64. The van der Waals surface area contributed by atoms with Crippen LogP contribution < -0.4 is 5.73 Å². The number of nitrogens with zero attached hydrogens (tertiary/aromatic N) is 3. The molecule has 2 N–H and O–H groups in total. The maximum absolute atomic E-state index is 5.81. The highest BCUT2D eigenvalue weighted by atomic mass is 15.2. The van der Waals surface area contributed by atoms with E-state index in [0.717, 1.165) is 37.4 Å². The topological polar surface area (TPSA) is 55.0 Å². The third-order valence-electron chi connectivity index (χ3n) is 3.32. The first-order valence-electron chi connectivity index (χ1n) is 7.30. The molecule has 0 amide bonds. The van der Waals surface area contributed by atoms with E-state index >= 15 is 0 Å². The van der Waals surface area contributed by atoms with Crippen LogP contribution in [0, 0.1) is 12.8 Å². The molecule has 0 aliphatic carbocycles. The lowest BCUT2D eigenvalue weighted by molar-refractivity contribution is 0.153. The van der Waals surface area contributed by atoms with Gasteiger partial charge in [0.05, 0.1) is 6.54 Å². The Bertz CT molecular complexity index is 365. The summed E-state index contributed by atoms with van der Waals surface area (Å²) < 4.78 is 0. The quantitative estimate of drug-likeness (QED) is 0.822. The summed E-state index contributed by atoms with van der Waals surface area (Å²) in [7, 11) is 0. The summed E-state index contributed by atoms with van der Waals surface area (Å²) in [5.41, 5.74) is 6.75. The van der Waals surface area contributed by atoms with Crippen LogP contribution in [0.2, 0.25) is 0 Å². The minimum absolute atomic E-state index is 0.566. The summed E-state index contributed by atoms with van der Waals surface area (Å²) in [6, 6.07) is 2.40. The molecule has 0 spiro atoms. The maximum Gasteiger partial charge on any atom is 0.144 e. The first kappa shape index (κ1) is 15.9. The van der Waals surface area contributed by atoms with Crippen LogP contribution in [0.25, 0.3) is 0 Å². The molecule has 0 fully saturated rings. The number of anilines is 1. The number of aryl methyl sites for hydroxylation is 1. The molecule has 1 aromatic heterocycles. The lowest BCUT2D eigenvalue weighted by Gasteiger charge is -2.31. The molecule has 4 nitrogen and oxygen atoms in total. The Morgan fingerprint density at radius 3 is 2.32 bits per heavy atom. The Hall–Kier alpha value is -1.16. The number of nitrogen functional groups attached to an aromatic ring is 1. The fourth-order valence-corrected chi connectivity index (χ4v) is 2.53. The molecular weight excluding hydrogens is 236 g/mol. The molecule has 0 aromatic carbocycles. The molecule has 1 heterocycles. The Kier molecular flexibility index (Phi) is 6.22. The van der Waals surface area contributed by atoms with Gasteiger partial charge < -0.3 is 5.73 Å². The van der Waals surface area contributed by atoms with Gasteiger partial charge in [0, 0.05) is 24.3 Å². The van der Waals surface area contributed by atoms with E-state index in [9.17, 15) is 0 Å². The summed E-state index contributed by atoms with van der Waals surface area (Å²) in [6.45, 7) is 12.8. The molecule has 0 aliphatic heterocycles. The van der Waals surface area contributed by atoms with Crippen LogP contribution in [0.3, 0.4) is 0 Å². The number of nitrogens with two attached hydrogens (primary N) is 1. The van der Waals surface area contributed by atoms with E-state index in [4.69, 9.17) is 5.73 Å². The van der Waals surface area contributed by atoms with Crippen LogP contribution in [-0.4, -0.2) is 27.5 Å². The third-order valence-corrected chi connectivity index (χ3v) is 3.32. The van der Waals surface area contributed by atoms with Gasteiger partial charge in [0.2, 0.25) is 0 Å². The number of rotatable bonds is 7. The fourth-order valence-electron chi connectivity index (χ4n) is 2.53. The van der Waals surface area contributed by atoms with E-state index in [0.29, 0.717) is 17.8 Å². The van der Waals surface area contributed by atoms with E-state index in [2.05, 4.69) is 42.6 Å². The van der Waals surface area contributed by atoms with Crippen molar-refractivity contribution in [1.82, 2.24) is 14.9 Å². The van der Waals surface area contributed by atoms with Gasteiger partial charge in [-0.25, -0.2) is 9.97 Å². The Morgan fingerprint density at radius 1 is 1.21 bits per heavy atom. The van der Waals surface area contributed by atoms with Gasteiger partial charge in [0.1, 0.15) is 11.6 Å². The summed E-state index contributed by atoms with van der Waals surface area (Å²) in [4.78, 5) is 11.3. The van der Waals surface area contributed by atoms with Gasteiger partial charge in [0.15, 0.2) is 0 Å². The molecule has 0 radical (unpaired) electrons. The molecule has 0 bridgehead atoms. The molecule has 0 atom stereocenters. The van der Waals surface area contributed by atoms with Crippen LogP contribution in [0.1, 0.15) is 52.1 Å². The summed E-state index contributed by atoms with van der Waals surface area (Å²) in [5.74, 6) is 2.05. The van der Waals surface area contributed by atoms with Crippen LogP contribution in [-0.2, 0) is 6.54 Å². The normalized spacial score (nSPS) is 11.8. The average molecular weight is 264 g/mol. The average Bonchev–Trinajstić information content (AvgIpc) is 2.28. The predicted molar refractivity (Wildman–Crippen MR) is 80.8 cm³/mol. The van der Waals surface area contributed by atoms with Crippen LogP contribution in [0.15, 0.2) is 6.07 Å². The van der Waals surface area contributed by atoms with Gasteiger partial charge in [-0.15, -0.1) is 0 Å². The van der Waals surface area contributed by atoms with Crippen molar-refractivity contribution in [2.75, 3.05) is 12.3 Å². The van der Waals surface area contributed by atoms with Crippen molar-refractivity contribution in [3.63, 3.8) is 0 Å². The maximum atomic E-state index is 5.81. The minimum atomic E-state index is 0.566. The highest BCUT2D eigenvalue weighted by Gasteiger charge is 2.18. The third kappa shape index (κ3) is 5.15. The second kappa shape index (κ2) is 7.43. The molecule has 108 valence electrons. The Balaban J connectivity index is 2.86. The Morgan fingerprint density at radius 2 is 1.84 bits per heavy atom. The lowest BCUT2D eigenvalue weighted by atomic mass is 10.1. The van der Waals surface area contributed by atoms with Gasteiger partial charge in [-0.3, -0.25) is 4.90 Å². The van der Waals surface area contributed by atoms with Crippen molar-refractivity contribution in [1.29, 1.82) is 0 Å². The standard InChI is InChI=1S/C15H28N4/c1-6-13(7-2)19(9-11(3)4)10-15-17-12(5)8-14(16)18-15/h8,11,13H,6-7,9-10H2,1-5H3,(H2,16,17,18). The van der Waals surface area contributed by atoms with Crippen LogP contribution in [0.5, 0.6) is 0 Å². The van der Waals surface area contributed by atoms with E-state index in [-0.39, 0.29) is 0 Å². The van der Waals surface area contributed by atoms with E-state index in [1.165, 1.54) is 0 Å². The summed E-state index contributed by atoms with van der Waals surface area (Å²) in [6.07, 6.45) is 2.31. The van der Waals surface area contributed by atoms with Gasteiger partial charge in [-0.1, -0.05) is 27.7 Å². The highest BCUT2D eigenvalue weighted by Crippen LogP contribution is 2.15. The monoisotopic (exact) mass is 264 g/mol. The zero-order chi connectivity index (χ0) is 14.4. The SMILES string of the molecule is CCC(CC)N(Cc1nc(C)cc(N)n1)CC(C)C. The van der Waals surface area contributed by atoms with Crippen molar-refractivity contribution in [2.45, 2.75) is 60.0 Å². The Labute approximate surface area is 117 Å². The molecule has 0 saturated heterocycles. The predicted octanol–water partition coefficient (Wildman–Crippen LogP) is 3.01. The molecular formula is C15H28N4. The van der Waals surface area contributed by atoms with Crippen molar-refractivity contribution in [3.05, 3.63) is 17.6 Å². The summed E-state index contributed by atoms with van der Waals surface area (Å²) in [5, 5.41) is 0. The summed E-state index contributed by atoms with van der Waals surface area (Å²) >= 11 is 0. The van der Waals surface area contributed by atoms with E-state index in [1.54, 1.807) is 0 Å². The largest absolute Gasteiger partial charge is 0.384 e. The van der Waals surface area contributed by atoms with Crippen LogP contribution in [0.4, 0.5) is 5.82 Å².